The number of aryl methyl sites for hydroxylation is 4. The highest BCUT2D eigenvalue weighted by molar-refractivity contribution is 5.51. The lowest BCUT2D eigenvalue weighted by Gasteiger charge is -2.17. The average Bonchev–Trinajstić information content (AvgIpc) is 2.81. The first-order chi connectivity index (χ1) is 16.0. The molecule has 0 atom stereocenters. The summed E-state index contributed by atoms with van der Waals surface area (Å²) in [6.45, 7) is 4.65. The van der Waals surface area contributed by atoms with Gasteiger partial charge in [-0.2, -0.15) is 0 Å². The molecular weight excluding hydrogens is 412 g/mol. The van der Waals surface area contributed by atoms with Crippen LogP contribution in [0.4, 0.5) is 0 Å². The van der Waals surface area contributed by atoms with Crippen LogP contribution in [0.5, 0.6) is 11.5 Å². The highest BCUT2D eigenvalue weighted by Crippen LogP contribution is 2.34. The first kappa shape index (κ1) is 27.2. The molecule has 184 valence electrons. The molecule has 0 radical (unpaired) electrons. The van der Waals surface area contributed by atoms with Crippen LogP contribution in [0.3, 0.4) is 0 Å². The Kier molecular flexibility index (Phi) is 12.3. The average molecular weight is 457 g/mol. The third kappa shape index (κ3) is 8.68. The molecule has 2 aromatic carbocycles. The van der Waals surface area contributed by atoms with Gasteiger partial charge in [-0.1, -0.05) is 63.8 Å². The van der Waals surface area contributed by atoms with E-state index in [1.165, 1.54) is 0 Å². The molecule has 33 heavy (non-hydrogen) atoms. The van der Waals surface area contributed by atoms with E-state index in [9.17, 15) is 20.4 Å². The van der Waals surface area contributed by atoms with Crippen LogP contribution in [0.2, 0.25) is 0 Å². The molecule has 0 saturated carbocycles. The molecule has 2 aromatic rings. The number of phenolic OH excluding ortho intramolecular Hbond substituents is 2. The molecule has 0 saturated heterocycles. The fourth-order valence-electron chi connectivity index (χ4n) is 4.51. The standard InChI is InChI=1S/C29H44O4/c1-3-5-7-13-24-17-22(11-9-15-30)19-26(28(24)32)21-27-20-23(12-10-16-31)18-25(29(27)33)14-8-6-4-2/h17-20,30-33H,3-16,21H2,1-2H3. The third-order valence-electron chi connectivity index (χ3n) is 6.38. The van der Waals surface area contributed by atoms with Crippen LogP contribution in [0, 0.1) is 0 Å². The minimum absolute atomic E-state index is 0.149. The van der Waals surface area contributed by atoms with E-state index in [0.29, 0.717) is 30.8 Å². The van der Waals surface area contributed by atoms with E-state index in [0.717, 1.165) is 97.6 Å². The van der Waals surface area contributed by atoms with Crippen molar-refractivity contribution in [3.8, 4) is 11.5 Å². The van der Waals surface area contributed by atoms with Gasteiger partial charge in [0.05, 0.1) is 0 Å². The van der Waals surface area contributed by atoms with Gasteiger partial charge in [0.2, 0.25) is 0 Å². The summed E-state index contributed by atoms with van der Waals surface area (Å²) >= 11 is 0. The zero-order valence-corrected chi connectivity index (χ0v) is 20.7. The first-order valence-corrected chi connectivity index (χ1v) is 12.9. The second-order valence-corrected chi connectivity index (χ2v) is 9.27. The van der Waals surface area contributed by atoms with E-state index in [4.69, 9.17) is 0 Å². The lowest BCUT2D eigenvalue weighted by Crippen LogP contribution is -2.01. The van der Waals surface area contributed by atoms with Crippen LogP contribution in [0.15, 0.2) is 24.3 Å². The van der Waals surface area contributed by atoms with Crippen molar-refractivity contribution in [2.24, 2.45) is 0 Å². The van der Waals surface area contributed by atoms with Gasteiger partial charge in [-0.05, 0) is 84.7 Å². The van der Waals surface area contributed by atoms with Crippen molar-refractivity contribution in [3.63, 3.8) is 0 Å². The maximum absolute atomic E-state index is 11.1. The Bertz CT molecular complexity index is 775. The van der Waals surface area contributed by atoms with Crippen molar-refractivity contribution in [3.05, 3.63) is 57.6 Å². The van der Waals surface area contributed by atoms with Gasteiger partial charge in [0.25, 0.3) is 0 Å². The van der Waals surface area contributed by atoms with Gasteiger partial charge in [0.1, 0.15) is 11.5 Å². The number of aliphatic hydroxyl groups is 2. The Morgan fingerprint density at radius 1 is 0.515 bits per heavy atom. The smallest absolute Gasteiger partial charge is 0.122 e. The molecule has 0 aromatic heterocycles. The van der Waals surface area contributed by atoms with Crippen LogP contribution in [0.25, 0.3) is 0 Å². The molecule has 4 nitrogen and oxygen atoms in total. The lowest BCUT2D eigenvalue weighted by atomic mass is 9.91. The summed E-state index contributed by atoms with van der Waals surface area (Å²) in [5.41, 5.74) is 5.86. The fraction of sp³-hybridized carbons (Fsp3) is 0.586. The molecule has 0 aliphatic rings. The van der Waals surface area contributed by atoms with Crippen LogP contribution in [-0.2, 0) is 32.1 Å². The lowest BCUT2D eigenvalue weighted by molar-refractivity contribution is 0.288. The largest absolute Gasteiger partial charge is 0.507 e. The van der Waals surface area contributed by atoms with Crippen molar-refractivity contribution < 1.29 is 20.4 Å². The van der Waals surface area contributed by atoms with Crippen LogP contribution >= 0.6 is 0 Å². The summed E-state index contributed by atoms with van der Waals surface area (Å²) in [4.78, 5) is 0. The number of aliphatic hydroxyl groups excluding tert-OH is 2. The second-order valence-electron chi connectivity index (χ2n) is 9.27. The molecule has 0 spiro atoms. The topological polar surface area (TPSA) is 80.9 Å². The van der Waals surface area contributed by atoms with Crippen molar-refractivity contribution in [1.82, 2.24) is 0 Å². The fourth-order valence-corrected chi connectivity index (χ4v) is 4.51. The maximum atomic E-state index is 11.1. The first-order valence-electron chi connectivity index (χ1n) is 12.9. The minimum atomic E-state index is 0.149. The normalized spacial score (nSPS) is 11.3. The number of hydrogen-bond donors (Lipinski definition) is 4. The number of hydrogen-bond acceptors (Lipinski definition) is 4. The van der Waals surface area contributed by atoms with Crippen LogP contribution < -0.4 is 0 Å². The van der Waals surface area contributed by atoms with Crippen molar-refractivity contribution in [2.45, 2.75) is 97.3 Å². The van der Waals surface area contributed by atoms with Crippen LogP contribution in [0.1, 0.15) is 98.6 Å². The van der Waals surface area contributed by atoms with E-state index in [2.05, 4.69) is 26.0 Å². The van der Waals surface area contributed by atoms with Crippen LogP contribution in [-0.4, -0.2) is 33.6 Å². The molecule has 0 fully saturated rings. The van der Waals surface area contributed by atoms with E-state index in [-0.39, 0.29) is 13.2 Å². The predicted octanol–water partition coefficient (Wildman–Crippen LogP) is 6.00. The van der Waals surface area contributed by atoms with Gasteiger partial charge in [0, 0.05) is 19.6 Å². The van der Waals surface area contributed by atoms with Crippen molar-refractivity contribution >= 4 is 0 Å². The maximum Gasteiger partial charge on any atom is 0.122 e. The number of benzene rings is 2. The molecule has 0 bridgehead atoms. The monoisotopic (exact) mass is 456 g/mol. The Hall–Kier alpha value is -2.04. The van der Waals surface area contributed by atoms with Crippen molar-refractivity contribution in [2.75, 3.05) is 13.2 Å². The SMILES string of the molecule is CCCCCc1cc(CCCO)cc(Cc2cc(CCCO)cc(CCCCC)c2O)c1O. The summed E-state index contributed by atoms with van der Waals surface area (Å²) in [5.74, 6) is 0.679. The van der Waals surface area contributed by atoms with E-state index < -0.39 is 0 Å². The Balaban J connectivity index is 2.40. The summed E-state index contributed by atoms with van der Waals surface area (Å²) in [6.07, 6.45) is 11.7. The van der Waals surface area contributed by atoms with Gasteiger partial charge in [-0.15, -0.1) is 0 Å². The molecule has 4 heteroatoms. The molecular formula is C29H44O4. The van der Waals surface area contributed by atoms with Crippen molar-refractivity contribution in [1.29, 1.82) is 0 Å². The second kappa shape index (κ2) is 15.0. The minimum Gasteiger partial charge on any atom is -0.507 e. The summed E-state index contributed by atoms with van der Waals surface area (Å²) in [7, 11) is 0. The van der Waals surface area contributed by atoms with E-state index in [1.807, 2.05) is 12.1 Å². The molecule has 2 rings (SSSR count). The number of phenols is 2. The van der Waals surface area contributed by atoms with Gasteiger partial charge >= 0.3 is 0 Å². The van der Waals surface area contributed by atoms with E-state index >= 15 is 0 Å². The zero-order valence-electron chi connectivity index (χ0n) is 20.7. The zero-order chi connectivity index (χ0) is 24.1. The molecule has 0 aliphatic carbocycles. The van der Waals surface area contributed by atoms with Gasteiger partial charge in [-0.25, -0.2) is 0 Å². The Morgan fingerprint density at radius 2 is 0.909 bits per heavy atom. The van der Waals surface area contributed by atoms with Gasteiger partial charge < -0.3 is 20.4 Å². The quantitative estimate of drug-likeness (QED) is 0.233. The van der Waals surface area contributed by atoms with Gasteiger partial charge in [0.15, 0.2) is 0 Å². The number of aromatic hydroxyl groups is 2. The van der Waals surface area contributed by atoms with E-state index in [1.54, 1.807) is 0 Å². The highest BCUT2D eigenvalue weighted by Gasteiger charge is 2.16. The number of rotatable bonds is 16. The molecule has 0 amide bonds. The molecule has 4 N–H and O–H groups in total. The molecule has 0 unspecified atom stereocenters. The third-order valence-corrected chi connectivity index (χ3v) is 6.38. The predicted molar refractivity (Wildman–Crippen MR) is 136 cm³/mol. The summed E-state index contributed by atoms with van der Waals surface area (Å²) < 4.78 is 0. The van der Waals surface area contributed by atoms with Gasteiger partial charge in [-0.3, -0.25) is 0 Å². The summed E-state index contributed by atoms with van der Waals surface area (Å²) in [5, 5.41) is 40.7. The molecule has 0 aliphatic heterocycles. The summed E-state index contributed by atoms with van der Waals surface area (Å²) in [6, 6.07) is 8.23. The number of unbranched alkanes of at least 4 members (excludes halogenated alkanes) is 4. The Labute approximate surface area is 200 Å². The highest BCUT2D eigenvalue weighted by atomic mass is 16.3. The Morgan fingerprint density at radius 3 is 1.27 bits per heavy atom. The molecule has 0 heterocycles.